The molecule has 0 unspecified atom stereocenters. The molecule has 0 bridgehead atoms. The Kier molecular flexibility index (Phi) is 6.04. The zero-order chi connectivity index (χ0) is 24.7. The highest BCUT2D eigenvalue weighted by Crippen LogP contribution is 2.35. The normalized spacial score (nSPS) is 16.1. The number of aliphatic hydroxyl groups is 1. The van der Waals surface area contributed by atoms with E-state index in [1.54, 1.807) is 18.2 Å². The van der Waals surface area contributed by atoms with E-state index in [4.69, 9.17) is 4.74 Å². The third-order valence-corrected chi connectivity index (χ3v) is 7.54. The van der Waals surface area contributed by atoms with Gasteiger partial charge in [0.1, 0.15) is 11.7 Å². The number of ether oxygens (including phenoxy) is 1. The van der Waals surface area contributed by atoms with E-state index in [9.17, 15) is 18.8 Å². The zero-order valence-electron chi connectivity index (χ0n) is 19.8. The second-order valence-corrected chi connectivity index (χ2v) is 11.3. The number of nitrogens with one attached hydrogen (secondary N) is 1. The summed E-state index contributed by atoms with van der Waals surface area (Å²) in [5.41, 5.74) is 3.70. The van der Waals surface area contributed by atoms with Crippen molar-refractivity contribution in [2.24, 2.45) is 0 Å². The standard InChI is InChI=1S/C25H28N4O4S/c1-5-28-22-15-18(27-24(30)33-25(2,3)4)9-12-20(22)21(16-26)23(28)17-7-10-19(11-8-17)29-13-6-14-34(29,31)32/h7-12,15H,5-6,13-14H2,1-4H3,(H,27,30)/p+1. The van der Waals surface area contributed by atoms with E-state index in [-0.39, 0.29) is 11.8 Å². The van der Waals surface area contributed by atoms with E-state index < -0.39 is 15.6 Å². The van der Waals surface area contributed by atoms with Crippen LogP contribution in [0.4, 0.5) is 11.4 Å². The molecule has 4 rings (SSSR count). The van der Waals surface area contributed by atoms with Gasteiger partial charge in [-0.3, -0.25) is 4.31 Å². The second kappa shape index (κ2) is 8.69. The van der Waals surface area contributed by atoms with Crippen LogP contribution >= 0.6 is 0 Å². The van der Waals surface area contributed by atoms with Crippen LogP contribution in [-0.2, 0) is 21.3 Å². The molecule has 1 aromatic heterocycles. The van der Waals surface area contributed by atoms with Crippen molar-refractivity contribution in [1.82, 2.24) is 4.57 Å². The maximum absolute atomic E-state index is 12.3. The van der Waals surface area contributed by atoms with Crippen molar-refractivity contribution < 1.29 is 23.3 Å². The number of anilines is 1. The Morgan fingerprint density at radius 2 is 1.91 bits per heavy atom. The Balaban J connectivity index is 1.79. The van der Waals surface area contributed by atoms with Crippen molar-refractivity contribution in [3.63, 3.8) is 0 Å². The average molecular weight is 482 g/mol. The van der Waals surface area contributed by atoms with Gasteiger partial charge in [0.25, 0.3) is 0 Å². The molecule has 2 heterocycles. The summed E-state index contributed by atoms with van der Waals surface area (Å²) in [5, 5.41) is 20.9. The fourth-order valence-corrected chi connectivity index (χ4v) is 5.89. The van der Waals surface area contributed by atoms with Crippen molar-refractivity contribution in [2.45, 2.75) is 46.3 Å². The van der Waals surface area contributed by atoms with Crippen LogP contribution in [0.25, 0.3) is 22.2 Å². The van der Waals surface area contributed by atoms with E-state index >= 15 is 0 Å². The highest BCUT2D eigenvalue weighted by atomic mass is 32.2. The minimum absolute atomic E-state index is 0.168. The topological polar surface area (TPSA) is 110 Å². The van der Waals surface area contributed by atoms with Gasteiger partial charge in [0.05, 0.1) is 28.2 Å². The molecule has 1 fully saturated rings. The molecule has 9 heteroatoms. The fourth-order valence-electron chi connectivity index (χ4n) is 4.32. The number of rotatable bonds is 4. The summed E-state index contributed by atoms with van der Waals surface area (Å²) in [6.07, 6.45) is 0.325. The number of sulfonamides is 1. The number of hydrogen-bond acceptors (Lipinski definition) is 4. The first-order chi connectivity index (χ1) is 16.0. The van der Waals surface area contributed by atoms with Crippen LogP contribution in [0.15, 0.2) is 42.5 Å². The Morgan fingerprint density at radius 1 is 1.21 bits per heavy atom. The molecular weight excluding hydrogens is 452 g/mol. The van der Waals surface area contributed by atoms with Gasteiger partial charge in [0.15, 0.2) is 0 Å². The van der Waals surface area contributed by atoms with Crippen molar-refractivity contribution >= 4 is 38.4 Å². The molecule has 1 saturated heterocycles. The highest BCUT2D eigenvalue weighted by molar-refractivity contribution is 7.93. The molecule has 178 valence electrons. The molecule has 34 heavy (non-hydrogen) atoms. The van der Waals surface area contributed by atoms with E-state index in [0.29, 0.717) is 36.4 Å². The quantitative estimate of drug-likeness (QED) is 0.439. The van der Waals surface area contributed by atoms with E-state index in [0.717, 1.165) is 22.2 Å². The van der Waals surface area contributed by atoms with E-state index in [1.807, 2.05) is 56.5 Å². The average Bonchev–Trinajstić information content (AvgIpc) is 3.28. The third-order valence-electron chi connectivity index (χ3n) is 5.67. The number of hydrogen-bond donors (Lipinski definition) is 2. The summed E-state index contributed by atoms with van der Waals surface area (Å²) in [7, 11) is -3.25. The molecule has 0 aliphatic carbocycles. The predicted molar refractivity (Wildman–Crippen MR) is 133 cm³/mol. The molecule has 0 atom stereocenters. The lowest BCUT2D eigenvalue weighted by Crippen LogP contribution is -2.68. The first-order valence-electron chi connectivity index (χ1n) is 11.2. The summed E-state index contributed by atoms with van der Waals surface area (Å²) in [6, 6.07) is 15.2. The fraction of sp³-hybridized carbons (Fsp3) is 0.360. The molecule has 0 amide bonds. The van der Waals surface area contributed by atoms with Crippen LogP contribution in [0.3, 0.4) is 0 Å². The van der Waals surface area contributed by atoms with Gasteiger partial charge in [-0.25, -0.2) is 8.42 Å². The molecule has 2 aromatic carbocycles. The number of aromatic nitrogens is 1. The Labute approximate surface area is 199 Å². The Hall–Kier alpha value is -3.51. The first-order valence-corrected chi connectivity index (χ1v) is 12.8. The summed E-state index contributed by atoms with van der Waals surface area (Å²) >= 11 is 0. The van der Waals surface area contributed by atoms with Crippen molar-refractivity contribution in [3.05, 3.63) is 48.0 Å². The predicted octanol–water partition coefficient (Wildman–Crippen LogP) is 3.18. The largest absolute Gasteiger partial charge is 0.551 e. The zero-order valence-corrected chi connectivity index (χ0v) is 20.6. The molecule has 8 nitrogen and oxygen atoms in total. The minimum Gasteiger partial charge on any atom is -0.430 e. The van der Waals surface area contributed by atoms with Gasteiger partial charge in [-0.15, -0.1) is 4.99 Å². The van der Waals surface area contributed by atoms with Gasteiger partial charge in [0, 0.05) is 30.6 Å². The van der Waals surface area contributed by atoms with Crippen molar-refractivity contribution in [2.75, 3.05) is 16.6 Å². The van der Waals surface area contributed by atoms with Gasteiger partial charge in [-0.1, -0.05) is 12.1 Å². The number of aryl methyl sites for hydroxylation is 1. The highest BCUT2D eigenvalue weighted by Gasteiger charge is 2.28. The first kappa shape index (κ1) is 23.6. The molecule has 2 N–H and O–H groups in total. The lowest BCUT2D eigenvalue weighted by atomic mass is 10.1. The molecule has 0 saturated carbocycles. The Bertz CT molecular complexity index is 1410. The molecule has 0 spiro atoms. The number of aliphatic hydroxyl groups excluding tert-OH is 1. The van der Waals surface area contributed by atoms with Crippen molar-refractivity contribution in [3.8, 4) is 17.3 Å². The van der Waals surface area contributed by atoms with Crippen LogP contribution in [-0.4, -0.2) is 42.1 Å². The number of nitrogens with zero attached hydrogens (tertiary/aromatic N) is 3. The summed E-state index contributed by atoms with van der Waals surface area (Å²) < 4.78 is 33.5. The molecular formula is C25H29N4O4S+. The number of fused-ring (bicyclic) bond motifs is 1. The van der Waals surface area contributed by atoms with Crippen LogP contribution in [0.2, 0.25) is 0 Å². The number of nitriles is 1. The number of benzene rings is 2. The van der Waals surface area contributed by atoms with E-state index in [1.165, 1.54) is 4.31 Å². The van der Waals surface area contributed by atoms with Crippen LogP contribution < -0.4 is 9.30 Å². The summed E-state index contributed by atoms with van der Waals surface area (Å²) in [5.74, 6) is 0.168. The van der Waals surface area contributed by atoms with E-state index in [2.05, 4.69) is 11.1 Å². The smallest absolute Gasteiger partial charge is 0.430 e. The monoisotopic (exact) mass is 481 g/mol. The molecule has 1 aliphatic rings. The molecule has 3 aromatic rings. The van der Waals surface area contributed by atoms with Gasteiger partial charge in [-0.2, -0.15) is 5.26 Å². The summed E-state index contributed by atoms with van der Waals surface area (Å²) in [6.45, 7) is 8.62. The van der Waals surface area contributed by atoms with Crippen LogP contribution in [0.1, 0.15) is 39.7 Å². The van der Waals surface area contributed by atoms with Crippen molar-refractivity contribution in [1.29, 1.82) is 5.26 Å². The maximum atomic E-state index is 12.3. The Morgan fingerprint density at radius 3 is 2.47 bits per heavy atom. The van der Waals surface area contributed by atoms with Crippen LogP contribution in [0.5, 0.6) is 0 Å². The molecule has 0 radical (unpaired) electrons. The maximum Gasteiger partial charge on any atom is 0.551 e. The lowest BCUT2D eigenvalue weighted by molar-refractivity contribution is -0.385. The SMILES string of the molecule is CCn1c(-c2ccc(N3CCCS3(=O)=O)cc2)c(C#N)c2ccc([NH+]=C(O)OC(C)(C)C)cc21. The van der Waals surface area contributed by atoms with Gasteiger partial charge in [0.2, 0.25) is 15.7 Å². The van der Waals surface area contributed by atoms with Gasteiger partial charge in [-0.05, 0) is 57.9 Å². The van der Waals surface area contributed by atoms with Gasteiger partial charge < -0.3 is 14.4 Å². The van der Waals surface area contributed by atoms with Gasteiger partial charge >= 0.3 is 6.08 Å². The third kappa shape index (κ3) is 4.46. The second-order valence-electron chi connectivity index (χ2n) is 9.24. The lowest BCUT2D eigenvalue weighted by Gasteiger charge is -2.17. The molecule has 1 aliphatic heterocycles. The summed E-state index contributed by atoms with van der Waals surface area (Å²) in [4.78, 5) is 2.87. The minimum atomic E-state index is -3.25. The van der Waals surface area contributed by atoms with Crippen LogP contribution in [0, 0.1) is 11.3 Å².